The highest BCUT2D eigenvalue weighted by Crippen LogP contribution is 2.35. The lowest BCUT2D eigenvalue weighted by Gasteiger charge is -2.12. The van der Waals surface area contributed by atoms with E-state index in [2.05, 4.69) is 10.3 Å². The predicted molar refractivity (Wildman–Crippen MR) is 143 cm³/mol. The van der Waals surface area contributed by atoms with E-state index in [0.29, 0.717) is 28.4 Å². The molecule has 1 aromatic heterocycles. The number of rotatable bonds is 11. The number of hydrogen-bond acceptors (Lipinski definition) is 8. The molecule has 0 aliphatic heterocycles. The number of benzene rings is 2. The molecule has 194 valence electrons. The van der Waals surface area contributed by atoms with Crippen LogP contribution in [0.3, 0.4) is 0 Å². The van der Waals surface area contributed by atoms with Gasteiger partial charge in [-0.15, -0.1) is 0 Å². The van der Waals surface area contributed by atoms with Gasteiger partial charge >= 0.3 is 0 Å². The van der Waals surface area contributed by atoms with Crippen molar-refractivity contribution in [1.82, 2.24) is 4.98 Å². The van der Waals surface area contributed by atoms with E-state index in [1.807, 2.05) is 30.3 Å². The van der Waals surface area contributed by atoms with Crippen molar-refractivity contribution in [2.45, 2.75) is 5.75 Å². The van der Waals surface area contributed by atoms with Crippen molar-refractivity contribution in [3.8, 4) is 23.1 Å². The molecule has 0 aliphatic rings. The van der Waals surface area contributed by atoms with Crippen LogP contribution in [0, 0.1) is 0 Å². The molecule has 0 radical (unpaired) electrons. The summed E-state index contributed by atoms with van der Waals surface area (Å²) in [5, 5.41) is 3.76. The van der Waals surface area contributed by atoms with Gasteiger partial charge in [0.25, 0.3) is 0 Å². The molecule has 0 unspecified atom stereocenters. The topological polar surface area (TPSA) is 113 Å². The van der Waals surface area contributed by atoms with Gasteiger partial charge in [-0.1, -0.05) is 30.3 Å². The van der Waals surface area contributed by atoms with Gasteiger partial charge < -0.3 is 24.3 Å². The normalized spacial score (nSPS) is 11.5. The summed E-state index contributed by atoms with van der Waals surface area (Å²) < 4.78 is 47.0. The second kappa shape index (κ2) is 12.6. The zero-order valence-electron chi connectivity index (χ0n) is 20.9. The number of nitrogens with zero attached hydrogens (tertiary/aromatic N) is 1. The van der Waals surface area contributed by atoms with Crippen LogP contribution in [-0.4, -0.2) is 47.7 Å². The maximum atomic E-state index is 12.9. The lowest BCUT2D eigenvalue weighted by Crippen LogP contribution is -2.11. The Kier molecular flexibility index (Phi) is 9.28. The van der Waals surface area contributed by atoms with Gasteiger partial charge in [0, 0.05) is 29.8 Å². The number of ether oxygens (including phenoxy) is 4. The van der Waals surface area contributed by atoms with E-state index in [4.69, 9.17) is 18.9 Å². The lowest BCUT2D eigenvalue weighted by atomic mass is 10.1. The smallest absolute Gasteiger partial charge is 0.248 e. The Balaban J connectivity index is 1.80. The summed E-state index contributed by atoms with van der Waals surface area (Å²) in [5.74, 6) is 0.675. The molecule has 1 heterocycles. The summed E-state index contributed by atoms with van der Waals surface area (Å²) >= 11 is 0. The van der Waals surface area contributed by atoms with Crippen molar-refractivity contribution in [3.05, 3.63) is 82.9 Å². The molecular formula is C27H28N2O7S. The Bertz CT molecular complexity index is 1380. The van der Waals surface area contributed by atoms with Crippen LogP contribution < -0.4 is 24.3 Å². The average Bonchev–Trinajstić information content (AvgIpc) is 2.90. The van der Waals surface area contributed by atoms with E-state index in [1.165, 1.54) is 52.9 Å². The molecule has 3 aromatic rings. The highest BCUT2D eigenvalue weighted by molar-refractivity contribution is 7.93. The summed E-state index contributed by atoms with van der Waals surface area (Å²) in [6, 6.07) is 14.1. The standard InChI is InChI=1S/C27H28N2O7S/c1-33-21-15-24(34-2)22(25(16-21)35-3)12-13-37(31,32)18-20-14-23(27(36-4)28-17-20)29-26(30)11-10-19-8-6-5-7-9-19/h5-17H,18H2,1-4H3,(H,29,30)/b11-10?,13-12+. The van der Waals surface area contributed by atoms with Gasteiger partial charge in [-0.3, -0.25) is 4.79 Å². The van der Waals surface area contributed by atoms with Crippen LogP contribution >= 0.6 is 0 Å². The fourth-order valence-electron chi connectivity index (χ4n) is 3.39. The summed E-state index contributed by atoms with van der Waals surface area (Å²) in [5.41, 5.74) is 1.92. The van der Waals surface area contributed by atoms with Crippen LogP contribution in [0.1, 0.15) is 16.7 Å². The van der Waals surface area contributed by atoms with Gasteiger partial charge in [0.15, 0.2) is 9.84 Å². The first-order valence-corrected chi connectivity index (χ1v) is 12.8. The first kappa shape index (κ1) is 27.3. The van der Waals surface area contributed by atoms with Crippen LogP contribution in [0.25, 0.3) is 12.2 Å². The molecule has 3 rings (SSSR count). The summed E-state index contributed by atoms with van der Waals surface area (Å²) in [4.78, 5) is 16.6. The third-order valence-corrected chi connectivity index (χ3v) is 6.44. The third-order valence-electron chi connectivity index (χ3n) is 5.15. The number of carbonyl (C=O) groups excluding carboxylic acids is 1. The second-order valence-electron chi connectivity index (χ2n) is 7.69. The van der Waals surface area contributed by atoms with Crippen molar-refractivity contribution in [2.75, 3.05) is 33.8 Å². The van der Waals surface area contributed by atoms with Gasteiger partial charge in [-0.2, -0.15) is 0 Å². The van der Waals surface area contributed by atoms with E-state index < -0.39 is 15.7 Å². The number of nitrogens with one attached hydrogen (secondary N) is 1. The molecule has 0 aliphatic carbocycles. The third kappa shape index (κ3) is 7.58. The van der Waals surface area contributed by atoms with Crippen molar-refractivity contribution >= 4 is 33.6 Å². The molecule has 1 amide bonds. The SMILES string of the molecule is COc1cc(OC)c(/C=C/S(=O)(=O)Cc2cnc(OC)c(NC(=O)C=Cc3ccccc3)c2)c(OC)c1. The Morgan fingerprint density at radius 1 is 0.919 bits per heavy atom. The van der Waals surface area contributed by atoms with E-state index in [-0.39, 0.29) is 17.3 Å². The van der Waals surface area contributed by atoms with Gasteiger partial charge in [0.2, 0.25) is 11.8 Å². The van der Waals surface area contributed by atoms with Crippen LogP contribution in [0.2, 0.25) is 0 Å². The summed E-state index contributed by atoms with van der Waals surface area (Å²) in [6.45, 7) is 0. The second-order valence-corrected chi connectivity index (χ2v) is 9.58. The molecule has 0 saturated carbocycles. The lowest BCUT2D eigenvalue weighted by molar-refractivity contribution is -0.111. The highest BCUT2D eigenvalue weighted by Gasteiger charge is 2.16. The molecular weight excluding hydrogens is 496 g/mol. The monoisotopic (exact) mass is 524 g/mol. The number of hydrogen-bond donors (Lipinski definition) is 1. The number of aromatic nitrogens is 1. The Hall–Kier alpha value is -4.31. The Morgan fingerprint density at radius 2 is 1.59 bits per heavy atom. The van der Waals surface area contributed by atoms with Gasteiger partial charge in [-0.05, 0) is 29.3 Å². The minimum Gasteiger partial charge on any atom is -0.496 e. The highest BCUT2D eigenvalue weighted by atomic mass is 32.2. The van der Waals surface area contributed by atoms with Crippen molar-refractivity contribution in [1.29, 1.82) is 0 Å². The fourth-order valence-corrected chi connectivity index (χ4v) is 4.45. The maximum Gasteiger partial charge on any atom is 0.248 e. The number of carbonyl (C=O) groups is 1. The van der Waals surface area contributed by atoms with E-state index in [9.17, 15) is 13.2 Å². The largest absolute Gasteiger partial charge is 0.496 e. The Labute approximate surface area is 216 Å². The van der Waals surface area contributed by atoms with Gasteiger partial charge in [0.05, 0.1) is 39.8 Å². The molecule has 10 heteroatoms. The first-order valence-electron chi connectivity index (χ1n) is 11.1. The van der Waals surface area contributed by atoms with E-state index >= 15 is 0 Å². The van der Waals surface area contributed by atoms with Crippen LogP contribution in [0.4, 0.5) is 5.69 Å². The maximum absolute atomic E-state index is 12.9. The number of methoxy groups -OCH3 is 4. The average molecular weight is 525 g/mol. The molecule has 0 bridgehead atoms. The van der Waals surface area contributed by atoms with Crippen molar-refractivity contribution in [3.63, 3.8) is 0 Å². The van der Waals surface area contributed by atoms with Crippen LogP contribution in [-0.2, 0) is 20.4 Å². The minimum atomic E-state index is -3.74. The van der Waals surface area contributed by atoms with Crippen molar-refractivity contribution < 1.29 is 32.2 Å². The van der Waals surface area contributed by atoms with E-state index in [0.717, 1.165) is 11.0 Å². The molecule has 1 N–H and O–H groups in total. The number of amides is 1. The molecule has 0 spiro atoms. The fraction of sp³-hybridized carbons (Fsp3) is 0.185. The summed E-state index contributed by atoms with van der Waals surface area (Å²) in [7, 11) is 2.11. The molecule has 0 fully saturated rings. The molecule has 0 atom stereocenters. The predicted octanol–water partition coefficient (Wildman–Crippen LogP) is 4.35. The number of pyridine rings is 1. The van der Waals surface area contributed by atoms with Gasteiger partial charge in [0.1, 0.15) is 22.9 Å². The molecule has 9 nitrogen and oxygen atoms in total. The minimum absolute atomic E-state index is 0.158. The number of sulfone groups is 1. The molecule has 37 heavy (non-hydrogen) atoms. The molecule has 2 aromatic carbocycles. The van der Waals surface area contributed by atoms with Crippen LogP contribution in [0.5, 0.6) is 23.1 Å². The first-order chi connectivity index (χ1) is 17.8. The zero-order chi connectivity index (χ0) is 26.8. The molecule has 0 saturated heterocycles. The zero-order valence-corrected chi connectivity index (χ0v) is 21.7. The Morgan fingerprint density at radius 3 is 2.19 bits per heavy atom. The van der Waals surface area contributed by atoms with E-state index in [1.54, 1.807) is 18.2 Å². The van der Waals surface area contributed by atoms with Crippen molar-refractivity contribution in [2.24, 2.45) is 0 Å². The van der Waals surface area contributed by atoms with Gasteiger partial charge in [-0.25, -0.2) is 13.4 Å². The van der Waals surface area contributed by atoms with Crippen LogP contribution in [0.15, 0.2) is 66.2 Å². The number of anilines is 1. The summed E-state index contributed by atoms with van der Waals surface area (Å²) in [6.07, 6.45) is 5.82. The quantitative estimate of drug-likeness (QED) is 0.368.